The summed E-state index contributed by atoms with van der Waals surface area (Å²) in [5.74, 6) is 2.22. The first-order chi connectivity index (χ1) is 7.69. The zero-order chi connectivity index (χ0) is 12.0. The molecule has 0 aromatic heterocycles. The van der Waals surface area contributed by atoms with E-state index < -0.39 is 0 Å². The smallest absolute Gasteiger partial charge is 0.119 e. The maximum Gasteiger partial charge on any atom is 0.119 e. The van der Waals surface area contributed by atoms with Gasteiger partial charge in [-0.3, -0.25) is 0 Å². The van der Waals surface area contributed by atoms with Gasteiger partial charge in [-0.2, -0.15) is 0 Å². The zero-order valence-corrected chi connectivity index (χ0v) is 11.2. The summed E-state index contributed by atoms with van der Waals surface area (Å²) >= 11 is 5.77. The van der Waals surface area contributed by atoms with Crippen molar-refractivity contribution in [1.82, 2.24) is 0 Å². The van der Waals surface area contributed by atoms with E-state index in [9.17, 15) is 0 Å². The first kappa shape index (κ1) is 13.4. The van der Waals surface area contributed by atoms with Crippen LogP contribution in [0, 0.1) is 6.92 Å². The van der Waals surface area contributed by atoms with E-state index in [1.165, 1.54) is 11.1 Å². The SMILES string of the molecule is CCCOc1ccc(C(C)CCCl)c(C)c1. The Hall–Kier alpha value is -0.690. The Morgan fingerprint density at radius 3 is 2.69 bits per heavy atom. The minimum Gasteiger partial charge on any atom is -0.494 e. The summed E-state index contributed by atoms with van der Waals surface area (Å²) in [4.78, 5) is 0. The Labute approximate surface area is 104 Å². The highest BCUT2D eigenvalue weighted by molar-refractivity contribution is 6.17. The summed E-state index contributed by atoms with van der Waals surface area (Å²) in [6.07, 6.45) is 2.07. The van der Waals surface area contributed by atoms with E-state index in [2.05, 4.69) is 39.0 Å². The van der Waals surface area contributed by atoms with E-state index in [0.717, 1.165) is 25.2 Å². The van der Waals surface area contributed by atoms with Crippen LogP contribution in [-0.4, -0.2) is 12.5 Å². The van der Waals surface area contributed by atoms with Crippen molar-refractivity contribution in [2.75, 3.05) is 12.5 Å². The number of rotatable bonds is 6. The first-order valence-electron chi connectivity index (χ1n) is 5.98. The summed E-state index contributed by atoms with van der Waals surface area (Å²) in [5.41, 5.74) is 2.68. The Morgan fingerprint density at radius 2 is 2.12 bits per heavy atom. The van der Waals surface area contributed by atoms with Crippen molar-refractivity contribution in [3.8, 4) is 5.75 Å². The van der Waals surface area contributed by atoms with Gasteiger partial charge in [0.15, 0.2) is 0 Å². The average Bonchev–Trinajstić information content (AvgIpc) is 2.26. The van der Waals surface area contributed by atoms with Gasteiger partial charge < -0.3 is 4.74 Å². The van der Waals surface area contributed by atoms with Gasteiger partial charge in [0.05, 0.1) is 6.61 Å². The molecule has 90 valence electrons. The minimum atomic E-state index is 0.526. The van der Waals surface area contributed by atoms with Crippen molar-refractivity contribution >= 4 is 11.6 Å². The number of benzene rings is 1. The fourth-order valence-electron chi connectivity index (χ4n) is 1.83. The van der Waals surface area contributed by atoms with Crippen molar-refractivity contribution in [1.29, 1.82) is 0 Å². The molecule has 0 aliphatic carbocycles. The molecule has 0 aliphatic heterocycles. The average molecular weight is 241 g/mol. The summed E-state index contributed by atoms with van der Waals surface area (Å²) in [7, 11) is 0. The van der Waals surface area contributed by atoms with Gasteiger partial charge >= 0.3 is 0 Å². The molecule has 1 atom stereocenters. The normalized spacial score (nSPS) is 12.5. The molecule has 16 heavy (non-hydrogen) atoms. The van der Waals surface area contributed by atoms with Crippen LogP contribution in [0.2, 0.25) is 0 Å². The molecule has 0 aliphatic rings. The van der Waals surface area contributed by atoms with Gasteiger partial charge in [0.1, 0.15) is 5.75 Å². The molecule has 0 amide bonds. The molecule has 1 aromatic rings. The zero-order valence-electron chi connectivity index (χ0n) is 10.4. The number of halogens is 1. The van der Waals surface area contributed by atoms with E-state index >= 15 is 0 Å². The second-order valence-corrected chi connectivity index (χ2v) is 4.62. The van der Waals surface area contributed by atoms with Gasteiger partial charge in [-0.15, -0.1) is 11.6 Å². The first-order valence-corrected chi connectivity index (χ1v) is 6.51. The van der Waals surface area contributed by atoms with Crippen LogP contribution in [0.4, 0.5) is 0 Å². The number of ether oxygens (including phenoxy) is 1. The quantitative estimate of drug-likeness (QED) is 0.665. The molecular weight excluding hydrogens is 220 g/mol. The van der Waals surface area contributed by atoms with Crippen LogP contribution in [0.1, 0.15) is 43.7 Å². The molecule has 0 saturated carbocycles. The topological polar surface area (TPSA) is 9.23 Å². The molecule has 0 heterocycles. The lowest BCUT2D eigenvalue weighted by Crippen LogP contribution is -2.00. The molecular formula is C14H21ClO. The van der Waals surface area contributed by atoms with E-state index in [4.69, 9.17) is 16.3 Å². The molecule has 1 unspecified atom stereocenters. The van der Waals surface area contributed by atoms with E-state index in [1.54, 1.807) is 0 Å². The molecule has 0 spiro atoms. The van der Waals surface area contributed by atoms with Gasteiger partial charge in [0.2, 0.25) is 0 Å². The third-order valence-electron chi connectivity index (χ3n) is 2.79. The Bertz CT molecular complexity index is 323. The fourth-order valence-corrected chi connectivity index (χ4v) is 2.16. The van der Waals surface area contributed by atoms with Crippen LogP contribution in [0.5, 0.6) is 5.75 Å². The Morgan fingerprint density at radius 1 is 1.38 bits per heavy atom. The highest BCUT2D eigenvalue weighted by atomic mass is 35.5. The number of hydrogen-bond donors (Lipinski definition) is 0. The number of aryl methyl sites for hydroxylation is 1. The summed E-state index contributed by atoms with van der Waals surface area (Å²) in [5, 5.41) is 0. The van der Waals surface area contributed by atoms with Gasteiger partial charge in [-0.25, -0.2) is 0 Å². The Balaban J connectivity index is 2.74. The molecule has 0 fully saturated rings. The lowest BCUT2D eigenvalue weighted by atomic mass is 9.94. The summed E-state index contributed by atoms with van der Waals surface area (Å²) in [6.45, 7) is 7.26. The highest BCUT2D eigenvalue weighted by Crippen LogP contribution is 2.26. The molecule has 1 rings (SSSR count). The molecule has 1 aromatic carbocycles. The van der Waals surface area contributed by atoms with E-state index in [0.29, 0.717) is 11.8 Å². The van der Waals surface area contributed by atoms with Gasteiger partial charge in [-0.05, 0) is 48.9 Å². The summed E-state index contributed by atoms with van der Waals surface area (Å²) in [6, 6.07) is 6.34. The van der Waals surface area contributed by atoms with E-state index in [1.807, 2.05) is 0 Å². The van der Waals surface area contributed by atoms with Crippen LogP contribution in [0.15, 0.2) is 18.2 Å². The van der Waals surface area contributed by atoms with Crippen molar-refractivity contribution in [3.63, 3.8) is 0 Å². The third-order valence-corrected chi connectivity index (χ3v) is 3.01. The number of alkyl halides is 1. The lowest BCUT2D eigenvalue weighted by Gasteiger charge is -2.14. The maximum absolute atomic E-state index is 5.77. The minimum absolute atomic E-state index is 0.526. The van der Waals surface area contributed by atoms with Crippen LogP contribution in [-0.2, 0) is 0 Å². The fraction of sp³-hybridized carbons (Fsp3) is 0.571. The van der Waals surface area contributed by atoms with Gasteiger partial charge in [0.25, 0.3) is 0 Å². The predicted octanol–water partition coefficient (Wildman–Crippen LogP) is 4.52. The van der Waals surface area contributed by atoms with Crippen LogP contribution in [0.25, 0.3) is 0 Å². The monoisotopic (exact) mass is 240 g/mol. The van der Waals surface area contributed by atoms with Crippen LogP contribution < -0.4 is 4.74 Å². The van der Waals surface area contributed by atoms with Crippen molar-refractivity contribution in [2.45, 2.75) is 39.5 Å². The lowest BCUT2D eigenvalue weighted by molar-refractivity contribution is 0.317. The van der Waals surface area contributed by atoms with Crippen LogP contribution in [0.3, 0.4) is 0 Å². The second-order valence-electron chi connectivity index (χ2n) is 4.25. The van der Waals surface area contributed by atoms with Crippen molar-refractivity contribution in [3.05, 3.63) is 29.3 Å². The number of hydrogen-bond acceptors (Lipinski definition) is 1. The molecule has 2 heteroatoms. The van der Waals surface area contributed by atoms with Crippen molar-refractivity contribution in [2.24, 2.45) is 0 Å². The molecule has 1 nitrogen and oxygen atoms in total. The predicted molar refractivity (Wildman–Crippen MR) is 70.7 cm³/mol. The standard InChI is InChI=1S/C14H21ClO/c1-4-9-16-13-5-6-14(12(3)10-13)11(2)7-8-15/h5-6,10-11H,4,7-9H2,1-3H3. The molecule has 0 bridgehead atoms. The van der Waals surface area contributed by atoms with E-state index in [-0.39, 0.29) is 0 Å². The third kappa shape index (κ3) is 3.71. The van der Waals surface area contributed by atoms with Crippen molar-refractivity contribution < 1.29 is 4.74 Å². The van der Waals surface area contributed by atoms with Gasteiger partial charge in [0, 0.05) is 5.88 Å². The molecule has 0 saturated heterocycles. The molecule has 0 radical (unpaired) electrons. The maximum atomic E-state index is 5.77. The largest absolute Gasteiger partial charge is 0.494 e. The highest BCUT2D eigenvalue weighted by Gasteiger charge is 2.08. The molecule has 0 N–H and O–H groups in total. The summed E-state index contributed by atoms with van der Waals surface area (Å²) < 4.78 is 5.60. The van der Waals surface area contributed by atoms with Crippen LogP contribution >= 0.6 is 11.6 Å². The van der Waals surface area contributed by atoms with Gasteiger partial charge in [-0.1, -0.05) is 19.9 Å². The second kappa shape index (κ2) is 6.80. The Kier molecular flexibility index (Phi) is 5.68.